The van der Waals surface area contributed by atoms with Crippen molar-refractivity contribution in [2.45, 2.75) is 33.7 Å². The zero-order valence-corrected chi connectivity index (χ0v) is 19.4. The third kappa shape index (κ3) is 2.55. The predicted octanol–water partition coefficient (Wildman–Crippen LogP) is -1.92. The number of Topliss-reactive ketones (excluding diaryl/α,β-unsaturated/α-hetero) is 1. The van der Waals surface area contributed by atoms with Gasteiger partial charge in [0.1, 0.15) is 32.9 Å². The van der Waals surface area contributed by atoms with Crippen LogP contribution in [0, 0.1) is 13.8 Å². The molecule has 0 amide bonds. The summed E-state index contributed by atoms with van der Waals surface area (Å²) in [6.45, 7) is 6.28. The summed E-state index contributed by atoms with van der Waals surface area (Å²) >= 11 is 0. The molecule has 6 heterocycles. The summed E-state index contributed by atoms with van der Waals surface area (Å²) in [5.41, 5.74) is -2.57. The second kappa shape index (κ2) is 6.84. The molecular formula is C24H16N6O6-2. The fourth-order valence-electron chi connectivity index (χ4n) is 4.56. The maximum Gasteiger partial charge on any atom is 0.231 e. The van der Waals surface area contributed by atoms with E-state index in [0.29, 0.717) is 22.5 Å². The van der Waals surface area contributed by atoms with Crippen LogP contribution >= 0.6 is 0 Å². The van der Waals surface area contributed by atoms with E-state index in [-0.39, 0.29) is 49.5 Å². The van der Waals surface area contributed by atoms with Crippen LogP contribution in [-0.2, 0) is 4.79 Å². The van der Waals surface area contributed by atoms with E-state index >= 15 is 0 Å². The van der Waals surface area contributed by atoms with Crippen molar-refractivity contribution in [1.29, 1.82) is 0 Å². The van der Waals surface area contributed by atoms with Gasteiger partial charge >= 0.3 is 0 Å². The number of aromatic nitrogens is 4. The van der Waals surface area contributed by atoms with Crippen molar-refractivity contribution >= 4 is 50.4 Å². The highest BCUT2D eigenvalue weighted by atomic mass is 16.3. The first-order chi connectivity index (χ1) is 17.0. The number of carbonyl (C=O) groups is 1. The summed E-state index contributed by atoms with van der Waals surface area (Å²) < 4.78 is 0. The number of H-pyrrole nitrogens is 3. The number of aromatic amines is 3. The molecule has 1 atom stereocenters. The van der Waals surface area contributed by atoms with E-state index in [2.05, 4.69) is 29.9 Å². The molecule has 0 saturated carbocycles. The number of aliphatic imine (C=N–C) groups is 1. The minimum Gasteiger partial charge on any atom is -0.871 e. The molecule has 0 aliphatic carbocycles. The van der Waals surface area contributed by atoms with Crippen LogP contribution < -0.4 is 37.2 Å². The van der Waals surface area contributed by atoms with Gasteiger partial charge in [0.05, 0.1) is 16.6 Å². The topological polar surface area (TPSA) is 199 Å². The molecule has 2 aliphatic heterocycles. The zero-order valence-electron chi connectivity index (χ0n) is 19.4. The Morgan fingerprint density at radius 1 is 0.778 bits per heavy atom. The maximum atomic E-state index is 13.4. The molecule has 0 aromatic carbocycles. The summed E-state index contributed by atoms with van der Waals surface area (Å²) in [5.74, 6) is -1.66. The van der Waals surface area contributed by atoms with Crippen LogP contribution in [0.1, 0.15) is 25.1 Å². The average Bonchev–Trinajstić information content (AvgIpc) is 2.85. The smallest absolute Gasteiger partial charge is 0.231 e. The molecule has 36 heavy (non-hydrogen) atoms. The van der Waals surface area contributed by atoms with Gasteiger partial charge in [0.25, 0.3) is 0 Å². The summed E-state index contributed by atoms with van der Waals surface area (Å²) in [4.78, 5) is 73.4. The lowest BCUT2D eigenvalue weighted by Gasteiger charge is -2.27. The van der Waals surface area contributed by atoms with Crippen molar-refractivity contribution in [3.63, 3.8) is 0 Å². The monoisotopic (exact) mass is 484 g/mol. The van der Waals surface area contributed by atoms with E-state index in [9.17, 15) is 29.4 Å². The molecule has 4 aromatic rings. The van der Waals surface area contributed by atoms with Gasteiger partial charge in [-0.05, 0) is 33.3 Å². The summed E-state index contributed by atoms with van der Waals surface area (Å²) in [7, 11) is 0. The number of ketones is 1. The lowest BCUT2D eigenvalue weighted by Crippen LogP contribution is -2.54. The zero-order chi connectivity index (χ0) is 25.8. The van der Waals surface area contributed by atoms with Crippen molar-refractivity contribution in [2.24, 2.45) is 9.98 Å². The second-order valence-electron chi connectivity index (χ2n) is 8.89. The highest BCUT2D eigenvalue weighted by Crippen LogP contribution is 2.24. The van der Waals surface area contributed by atoms with Gasteiger partial charge < -0.3 is 25.2 Å². The minimum absolute atomic E-state index is 0.137. The van der Waals surface area contributed by atoms with E-state index in [1.54, 1.807) is 27.7 Å². The molecular weight excluding hydrogens is 468 g/mol. The highest BCUT2D eigenvalue weighted by Gasteiger charge is 2.32. The van der Waals surface area contributed by atoms with Crippen molar-refractivity contribution in [3.05, 3.63) is 63.9 Å². The first-order valence-electron chi connectivity index (χ1n) is 10.9. The highest BCUT2D eigenvalue weighted by molar-refractivity contribution is 6.30. The summed E-state index contributed by atoms with van der Waals surface area (Å²) in [6, 6.07) is -1.27. The molecule has 0 radical (unpaired) electrons. The minimum atomic E-state index is -1.27. The van der Waals surface area contributed by atoms with Crippen LogP contribution in [0.15, 0.2) is 35.6 Å². The molecule has 3 N–H and O–H groups in total. The summed E-state index contributed by atoms with van der Waals surface area (Å²) in [6.07, 6.45) is 0. The van der Waals surface area contributed by atoms with Gasteiger partial charge in [0.15, 0.2) is 11.8 Å². The van der Waals surface area contributed by atoms with Crippen LogP contribution in [0.4, 0.5) is 0 Å². The fraction of sp³-hybridized carbons (Fsp3) is 0.208. The van der Waals surface area contributed by atoms with E-state index in [1.807, 2.05) is 0 Å². The van der Waals surface area contributed by atoms with Crippen molar-refractivity contribution in [2.75, 3.05) is 0 Å². The van der Waals surface area contributed by atoms with Crippen LogP contribution in [0.2, 0.25) is 0 Å². The molecule has 6 rings (SSSR count). The van der Waals surface area contributed by atoms with Gasteiger partial charge in [-0.3, -0.25) is 29.2 Å². The van der Waals surface area contributed by atoms with Gasteiger partial charge in [-0.15, -0.1) is 0 Å². The van der Waals surface area contributed by atoms with Gasteiger partial charge in [0.2, 0.25) is 16.3 Å². The van der Waals surface area contributed by atoms with Crippen LogP contribution in [-0.4, -0.2) is 37.5 Å². The van der Waals surface area contributed by atoms with Gasteiger partial charge in [0, 0.05) is 17.0 Å². The molecule has 0 spiro atoms. The van der Waals surface area contributed by atoms with E-state index in [4.69, 9.17) is 0 Å². The molecule has 180 valence electrons. The third-order valence-corrected chi connectivity index (χ3v) is 6.88. The second-order valence-corrected chi connectivity index (χ2v) is 8.89. The number of hydrogen-bond donors (Lipinski definition) is 3. The number of fused-ring (bicyclic) bond motifs is 5. The number of carbonyl (C=O) groups excluding carboxylic acids is 1. The first kappa shape index (κ1) is 21.6. The Morgan fingerprint density at radius 2 is 1.39 bits per heavy atom. The maximum absolute atomic E-state index is 13.4. The van der Waals surface area contributed by atoms with Crippen LogP contribution in [0.3, 0.4) is 0 Å². The average molecular weight is 484 g/mol. The molecule has 1 unspecified atom stereocenters. The number of rotatable bonds is 0. The Balaban J connectivity index is 1.81. The van der Waals surface area contributed by atoms with Gasteiger partial charge in [-0.25, -0.2) is 4.98 Å². The largest absolute Gasteiger partial charge is 0.871 e. The standard InChI is InChI=1S/C24H18N6O6/c1-5-7(3)25-11-9(19(5)31)27-15-13(21(11)33)29-18-17(23(15)35)30-14-16(24(18)36)28-10-12(22(14)34)26-8(4)6(2)20(10)32/h9,29,33H,1-4H3,(H,26,32)(H,28,34)(H,30,36)/p-2. The lowest BCUT2D eigenvalue weighted by atomic mass is 9.94. The number of hydrogen-bond acceptors (Lipinski definition) is 9. The van der Waals surface area contributed by atoms with Crippen LogP contribution in [0.25, 0.3) is 38.9 Å². The fourth-order valence-corrected chi connectivity index (χ4v) is 4.56. The van der Waals surface area contributed by atoms with E-state index in [0.717, 1.165) is 0 Å². The molecule has 0 fully saturated rings. The van der Waals surface area contributed by atoms with E-state index < -0.39 is 39.6 Å². The lowest BCUT2D eigenvalue weighted by molar-refractivity contribution is -0.267. The number of nitrogens with one attached hydrogen (secondary N) is 3. The number of pyridine rings is 4. The quantitative estimate of drug-likeness (QED) is 0.242. The Labute approximate surface area is 199 Å². The number of aryl methyl sites for hydroxylation is 1. The predicted molar refractivity (Wildman–Crippen MR) is 126 cm³/mol. The Kier molecular flexibility index (Phi) is 4.11. The Hall–Kier alpha value is -4.87. The SMILES string of the molecule is CC1=C(C)C(=O)C2N=c3c([nH]c4c(=O)c5[nH]c6c([O-])c(C)c(C)nc6c(=O)c5[nH]c4c3=O)=C([O-])C2=N1. The molecule has 4 aromatic heterocycles. The molecule has 12 heteroatoms. The number of allylic oxidation sites excluding steroid dienone is 1. The summed E-state index contributed by atoms with van der Waals surface area (Å²) in [5, 5.41) is 25.3. The van der Waals surface area contributed by atoms with E-state index in [1.165, 1.54) is 0 Å². The molecule has 0 bridgehead atoms. The third-order valence-electron chi connectivity index (χ3n) is 6.88. The molecule has 0 saturated heterocycles. The molecule has 2 aliphatic rings. The Bertz CT molecular complexity index is 2150. The van der Waals surface area contributed by atoms with Crippen LogP contribution in [0.5, 0.6) is 5.75 Å². The normalized spacial score (nSPS) is 17.4. The van der Waals surface area contributed by atoms with Crippen molar-refractivity contribution in [1.82, 2.24) is 19.9 Å². The van der Waals surface area contributed by atoms with Crippen molar-refractivity contribution < 1.29 is 15.0 Å². The molecule has 12 nitrogen and oxygen atoms in total. The van der Waals surface area contributed by atoms with Gasteiger partial charge in [-0.2, -0.15) is 0 Å². The Morgan fingerprint density at radius 3 is 2.11 bits per heavy atom. The van der Waals surface area contributed by atoms with Crippen molar-refractivity contribution in [3.8, 4) is 5.75 Å². The number of nitrogens with zero attached hydrogens (tertiary/aromatic N) is 3. The first-order valence-corrected chi connectivity index (χ1v) is 10.9. The van der Waals surface area contributed by atoms with Gasteiger partial charge in [-0.1, -0.05) is 11.5 Å².